The molecule has 0 unspecified atom stereocenters. The van der Waals surface area contributed by atoms with Gasteiger partial charge in [0, 0.05) is 36.4 Å². The lowest BCUT2D eigenvalue weighted by Gasteiger charge is -2.11. The van der Waals surface area contributed by atoms with E-state index >= 15 is 0 Å². The van der Waals surface area contributed by atoms with Crippen LogP contribution in [0.1, 0.15) is 12.2 Å². The van der Waals surface area contributed by atoms with Gasteiger partial charge >= 0.3 is 0 Å². The van der Waals surface area contributed by atoms with Crippen molar-refractivity contribution in [2.75, 3.05) is 5.73 Å². The lowest BCUT2D eigenvalue weighted by atomic mass is 10.1. The molecule has 28 heavy (non-hydrogen) atoms. The highest BCUT2D eigenvalue weighted by atomic mass is 19.1. The van der Waals surface area contributed by atoms with E-state index in [1.807, 2.05) is 6.20 Å². The van der Waals surface area contributed by atoms with Crippen LogP contribution in [0, 0.1) is 5.82 Å². The summed E-state index contributed by atoms with van der Waals surface area (Å²) >= 11 is 0. The van der Waals surface area contributed by atoms with Gasteiger partial charge in [0.05, 0.1) is 5.69 Å². The second-order valence-corrected chi connectivity index (χ2v) is 6.25. The maximum atomic E-state index is 13.4. The van der Waals surface area contributed by atoms with Crippen LogP contribution in [0.4, 0.5) is 10.3 Å². The van der Waals surface area contributed by atoms with Crippen LogP contribution in [0.5, 0.6) is 0 Å². The number of halogens is 1. The Kier molecular flexibility index (Phi) is 3.68. The Morgan fingerprint density at radius 1 is 1.07 bits per heavy atom. The van der Waals surface area contributed by atoms with Gasteiger partial charge < -0.3 is 5.73 Å². The number of anilines is 1. The number of nitrogen functional groups attached to an aromatic ring is 1. The van der Waals surface area contributed by atoms with Crippen LogP contribution in [0.2, 0.25) is 0 Å². The van der Waals surface area contributed by atoms with Crippen molar-refractivity contribution >= 4 is 11.8 Å². The zero-order valence-electron chi connectivity index (χ0n) is 14.6. The number of rotatable bonds is 2. The molecule has 2 N–H and O–H groups in total. The van der Waals surface area contributed by atoms with E-state index in [0.717, 1.165) is 22.8 Å². The highest BCUT2D eigenvalue weighted by Gasteiger charge is 2.20. The van der Waals surface area contributed by atoms with E-state index in [9.17, 15) is 4.39 Å². The first-order chi connectivity index (χ1) is 13.7. The van der Waals surface area contributed by atoms with Crippen molar-refractivity contribution < 1.29 is 4.39 Å². The second kappa shape index (κ2) is 6.34. The lowest BCUT2D eigenvalue weighted by Crippen LogP contribution is -2.20. The molecule has 10 heteroatoms. The second-order valence-electron chi connectivity index (χ2n) is 6.25. The first kappa shape index (κ1) is 16.2. The Bertz CT molecular complexity index is 1190. The third kappa shape index (κ3) is 2.80. The molecule has 0 radical (unpaired) electrons. The number of nitrogens with zero attached hydrogens (tertiary/aromatic N) is 8. The number of nitrogens with two attached hydrogens (primary N) is 1. The largest absolute Gasteiger partial charge is 0.368 e. The molecule has 5 rings (SSSR count). The zero-order valence-corrected chi connectivity index (χ0v) is 14.6. The summed E-state index contributed by atoms with van der Waals surface area (Å²) < 4.78 is 16.7. The molecule has 0 saturated carbocycles. The number of aryl methyl sites for hydroxylation is 1. The van der Waals surface area contributed by atoms with Gasteiger partial charge in [-0.3, -0.25) is 0 Å². The highest BCUT2D eigenvalue weighted by Crippen LogP contribution is 2.30. The summed E-state index contributed by atoms with van der Waals surface area (Å²) in [6, 6.07) is 7.90. The van der Waals surface area contributed by atoms with E-state index in [1.165, 1.54) is 12.1 Å². The maximum absolute atomic E-state index is 13.4. The maximum Gasteiger partial charge on any atom is 0.220 e. The van der Waals surface area contributed by atoms with E-state index in [4.69, 9.17) is 10.8 Å². The van der Waals surface area contributed by atoms with Crippen molar-refractivity contribution in [1.82, 2.24) is 34.6 Å². The molecule has 0 aliphatic carbocycles. The SMILES string of the molecule is Nc1nccc(-c2cn(C3=Nn4cnnc4CC3)nc2-c2ccc(F)cc2)n1. The number of hydrogen-bond donors (Lipinski definition) is 1. The Hall–Kier alpha value is -3.95. The van der Waals surface area contributed by atoms with Crippen molar-refractivity contribution in [2.45, 2.75) is 12.8 Å². The molecule has 0 spiro atoms. The number of aromatic nitrogens is 7. The van der Waals surface area contributed by atoms with Crippen LogP contribution >= 0.6 is 0 Å². The summed E-state index contributed by atoms with van der Waals surface area (Å²) in [5.41, 5.74) is 8.53. The van der Waals surface area contributed by atoms with Gasteiger partial charge in [0.25, 0.3) is 0 Å². The van der Waals surface area contributed by atoms with E-state index in [1.54, 1.807) is 40.1 Å². The van der Waals surface area contributed by atoms with Crippen LogP contribution in [0.15, 0.2) is 54.2 Å². The topological polar surface area (TPSA) is 113 Å². The molecule has 3 aromatic heterocycles. The van der Waals surface area contributed by atoms with E-state index in [2.05, 4.69) is 25.3 Å². The Labute approximate surface area is 158 Å². The molecule has 1 aliphatic rings. The molecule has 4 heterocycles. The average molecular weight is 375 g/mol. The summed E-state index contributed by atoms with van der Waals surface area (Å²) in [7, 11) is 0. The van der Waals surface area contributed by atoms with Gasteiger partial charge in [-0.1, -0.05) is 0 Å². The Morgan fingerprint density at radius 2 is 1.93 bits per heavy atom. The molecule has 0 amide bonds. The highest BCUT2D eigenvalue weighted by molar-refractivity contribution is 5.88. The molecule has 138 valence electrons. The van der Waals surface area contributed by atoms with Crippen LogP contribution in [-0.4, -0.2) is 40.5 Å². The summed E-state index contributed by atoms with van der Waals surface area (Å²) in [5.74, 6) is 1.40. The van der Waals surface area contributed by atoms with Crippen molar-refractivity contribution in [1.29, 1.82) is 0 Å². The normalized spacial score (nSPS) is 13.2. The lowest BCUT2D eigenvalue weighted by molar-refractivity contribution is 0.628. The number of hydrogen-bond acceptors (Lipinski definition) is 7. The number of fused-ring (bicyclic) bond motifs is 1. The number of benzene rings is 1. The molecular weight excluding hydrogens is 361 g/mol. The average Bonchev–Trinajstić information content (AvgIpc) is 3.35. The minimum Gasteiger partial charge on any atom is -0.368 e. The Balaban J connectivity index is 1.66. The van der Waals surface area contributed by atoms with Gasteiger partial charge in [-0.05, 0) is 30.3 Å². The van der Waals surface area contributed by atoms with Gasteiger partial charge in [-0.2, -0.15) is 10.2 Å². The van der Waals surface area contributed by atoms with Crippen LogP contribution in [0.3, 0.4) is 0 Å². The molecule has 1 aliphatic heterocycles. The van der Waals surface area contributed by atoms with Crippen molar-refractivity contribution in [3.8, 4) is 22.5 Å². The quantitative estimate of drug-likeness (QED) is 0.573. The molecule has 0 atom stereocenters. The Morgan fingerprint density at radius 3 is 2.75 bits per heavy atom. The minimum atomic E-state index is -0.312. The van der Waals surface area contributed by atoms with E-state index in [0.29, 0.717) is 24.2 Å². The predicted molar refractivity (Wildman–Crippen MR) is 99.6 cm³/mol. The van der Waals surface area contributed by atoms with Crippen LogP contribution in [0.25, 0.3) is 22.5 Å². The fraction of sp³-hybridized carbons (Fsp3) is 0.111. The smallest absolute Gasteiger partial charge is 0.220 e. The van der Waals surface area contributed by atoms with Gasteiger partial charge in [-0.15, -0.1) is 10.2 Å². The van der Waals surface area contributed by atoms with Gasteiger partial charge in [0.2, 0.25) is 5.95 Å². The van der Waals surface area contributed by atoms with Gasteiger partial charge in [-0.25, -0.2) is 23.7 Å². The predicted octanol–water partition coefficient (Wildman–Crippen LogP) is 1.98. The van der Waals surface area contributed by atoms with E-state index in [-0.39, 0.29) is 11.8 Å². The van der Waals surface area contributed by atoms with Crippen molar-refractivity contribution in [3.05, 3.63) is 60.7 Å². The molecular formula is C18H14FN9. The molecule has 0 saturated heterocycles. The molecule has 4 aromatic rings. The summed E-state index contributed by atoms with van der Waals surface area (Å²) in [4.78, 5) is 8.25. The molecule has 0 fully saturated rings. The summed E-state index contributed by atoms with van der Waals surface area (Å²) in [6.07, 6.45) is 6.36. The molecule has 1 aromatic carbocycles. The third-order valence-corrected chi connectivity index (χ3v) is 4.44. The monoisotopic (exact) mass is 375 g/mol. The molecule has 9 nitrogen and oxygen atoms in total. The summed E-state index contributed by atoms with van der Waals surface area (Å²) in [5, 5.41) is 17.2. The van der Waals surface area contributed by atoms with Crippen molar-refractivity contribution in [3.63, 3.8) is 0 Å². The van der Waals surface area contributed by atoms with E-state index < -0.39 is 0 Å². The molecule has 0 bridgehead atoms. The van der Waals surface area contributed by atoms with Crippen LogP contribution in [-0.2, 0) is 6.42 Å². The van der Waals surface area contributed by atoms with Crippen LogP contribution < -0.4 is 5.73 Å². The first-order valence-corrected chi connectivity index (χ1v) is 8.59. The first-order valence-electron chi connectivity index (χ1n) is 8.59. The summed E-state index contributed by atoms with van der Waals surface area (Å²) in [6.45, 7) is 0. The fourth-order valence-corrected chi connectivity index (χ4v) is 3.10. The fourth-order valence-electron chi connectivity index (χ4n) is 3.10. The minimum absolute atomic E-state index is 0.166. The third-order valence-electron chi connectivity index (χ3n) is 4.44. The van der Waals surface area contributed by atoms with Gasteiger partial charge in [0.1, 0.15) is 17.8 Å². The van der Waals surface area contributed by atoms with Crippen molar-refractivity contribution in [2.24, 2.45) is 5.10 Å². The standard InChI is InChI=1S/C18H14FN9/c19-12-3-1-11(2-4-12)17-13(14-7-8-21-18(20)23-14)9-27(26-17)16-6-5-15-24-22-10-28(15)25-16/h1-4,7-10H,5-6H2,(H2,20,21,23). The van der Waals surface area contributed by atoms with Gasteiger partial charge in [0.15, 0.2) is 11.7 Å². The zero-order chi connectivity index (χ0) is 19.1.